The van der Waals surface area contributed by atoms with Crippen molar-refractivity contribution in [1.29, 1.82) is 0 Å². The summed E-state index contributed by atoms with van der Waals surface area (Å²) in [5, 5.41) is 11.3. The van der Waals surface area contributed by atoms with Crippen LogP contribution in [0.25, 0.3) is 0 Å². The third kappa shape index (κ3) is 7.82. The van der Waals surface area contributed by atoms with Crippen LogP contribution in [0.2, 0.25) is 0 Å². The van der Waals surface area contributed by atoms with Gasteiger partial charge in [-0.3, -0.25) is 0 Å². The molecule has 0 aliphatic carbocycles. The predicted octanol–water partition coefficient (Wildman–Crippen LogP) is 1.36. The van der Waals surface area contributed by atoms with E-state index in [-0.39, 0.29) is 0 Å². The van der Waals surface area contributed by atoms with Crippen LogP contribution in [0.3, 0.4) is 0 Å². The summed E-state index contributed by atoms with van der Waals surface area (Å²) < 4.78 is 0. The van der Waals surface area contributed by atoms with Crippen molar-refractivity contribution >= 4 is 0 Å². The minimum Gasteiger partial charge on any atom is -0.634 e. The molecule has 0 saturated carbocycles. The Labute approximate surface area is 70.2 Å². The highest BCUT2D eigenvalue weighted by molar-refractivity contribution is 4.40. The van der Waals surface area contributed by atoms with Gasteiger partial charge in [0.25, 0.3) is 0 Å². The highest BCUT2D eigenvalue weighted by Crippen LogP contribution is 2.00. The number of quaternary nitrogens is 1. The summed E-state index contributed by atoms with van der Waals surface area (Å²) in [6, 6.07) is 0. The number of hydroxylamine groups is 2. The average Bonchev–Trinajstić information content (AvgIpc) is 2.04. The first kappa shape index (κ1) is 10.9. The quantitative estimate of drug-likeness (QED) is 0.441. The van der Waals surface area contributed by atoms with Gasteiger partial charge in [-0.1, -0.05) is 26.2 Å². The lowest BCUT2D eigenvalue weighted by atomic mass is 10.1. The summed E-state index contributed by atoms with van der Waals surface area (Å²) in [5.41, 5.74) is 0. The van der Waals surface area contributed by atoms with Crippen LogP contribution < -0.4 is 5.06 Å². The molecule has 0 spiro atoms. The largest absolute Gasteiger partial charge is 0.634 e. The van der Waals surface area contributed by atoms with E-state index < -0.39 is 0 Å². The first-order valence-electron chi connectivity index (χ1n) is 4.83. The zero-order chi connectivity index (χ0) is 8.53. The third-order valence-electron chi connectivity index (χ3n) is 1.95. The standard InChI is InChI=1S/C9H21NO/c1-3-5-6-7-8-9-10(11)4-2/h10H,3-9H2,1-2H3. The second-order valence-corrected chi connectivity index (χ2v) is 3.06. The van der Waals surface area contributed by atoms with E-state index in [1.807, 2.05) is 6.92 Å². The summed E-state index contributed by atoms with van der Waals surface area (Å²) in [4.78, 5) is 0. The molecular weight excluding hydrogens is 138 g/mol. The summed E-state index contributed by atoms with van der Waals surface area (Å²) in [6.45, 7) is 5.67. The van der Waals surface area contributed by atoms with Crippen LogP contribution in [-0.4, -0.2) is 13.1 Å². The van der Waals surface area contributed by atoms with Crippen molar-refractivity contribution in [2.75, 3.05) is 13.1 Å². The Morgan fingerprint density at radius 1 is 1.00 bits per heavy atom. The molecule has 1 atom stereocenters. The molecule has 2 nitrogen and oxygen atoms in total. The normalized spacial score (nSPS) is 13.4. The van der Waals surface area contributed by atoms with Gasteiger partial charge in [-0.2, -0.15) is 0 Å². The van der Waals surface area contributed by atoms with Gasteiger partial charge in [0.2, 0.25) is 0 Å². The molecular formula is C9H21NO. The Kier molecular flexibility index (Phi) is 7.96. The molecule has 1 unspecified atom stereocenters. The highest BCUT2D eigenvalue weighted by Gasteiger charge is 1.92. The van der Waals surface area contributed by atoms with Crippen LogP contribution in [0.1, 0.15) is 46.0 Å². The average molecular weight is 159 g/mol. The first-order valence-corrected chi connectivity index (χ1v) is 4.83. The number of hydrogen-bond acceptors (Lipinski definition) is 1. The van der Waals surface area contributed by atoms with Gasteiger partial charge in [-0.15, -0.1) is 0 Å². The Balaban J connectivity index is 2.89. The Hall–Kier alpha value is -0.0800. The van der Waals surface area contributed by atoms with Gasteiger partial charge in [0.15, 0.2) is 0 Å². The fourth-order valence-corrected chi connectivity index (χ4v) is 1.10. The minimum absolute atomic E-state index is 0.418. The molecule has 0 aromatic heterocycles. The van der Waals surface area contributed by atoms with Crippen LogP contribution in [0.4, 0.5) is 0 Å². The van der Waals surface area contributed by atoms with Crippen molar-refractivity contribution in [2.24, 2.45) is 0 Å². The van der Waals surface area contributed by atoms with Gasteiger partial charge in [0, 0.05) is 0 Å². The molecule has 2 heteroatoms. The second kappa shape index (κ2) is 8.02. The van der Waals surface area contributed by atoms with Gasteiger partial charge in [-0.05, 0) is 19.8 Å². The molecule has 68 valence electrons. The fraction of sp³-hybridized carbons (Fsp3) is 1.00. The molecule has 0 bridgehead atoms. The van der Waals surface area contributed by atoms with E-state index in [0.717, 1.165) is 13.0 Å². The maximum Gasteiger partial charge on any atom is 0.0768 e. The van der Waals surface area contributed by atoms with Crippen molar-refractivity contribution in [1.82, 2.24) is 0 Å². The van der Waals surface area contributed by atoms with Gasteiger partial charge < -0.3 is 10.3 Å². The Bertz CT molecular complexity index is 76.0. The lowest BCUT2D eigenvalue weighted by Crippen LogP contribution is -3.06. The Morgan fingerprint density at radius 2 is 1.64 bits per heavy atom. The maximum atomic E-state index is 10.8. The molecule has 0 aliphatic rings. The van der Waals surface area contributed by atoms with Crippen molar-refractivity contribution in [2.45, 2.75) is 46.0 Å². The third-order valence-corrected chi connectivity index (χ3v) is 1.95. The summed E-state index contributed by atoms with van der Waals surface area (Å²) in [7, 11) is 0. The highest BCUT2D eigenvalue weighted by atomic mass is 16.5. The SMILES string of the molecule is CCCCCCC[NH+]([O-])CC. The minimum atomic E-state index is 0.418. The van der Waals surface area contributed by atoms with E-state index in [1.165, 1.54) is 25.7 Å². The molecule has 0 heterocycles. The van der Waals surface area contributed by atoms with E-state index in [4.69, 9.17) is 0 Å². The summed E-state index contributed by atoms with van der Waals surface area (Å²) in [5.74, 6) is 0. The smallest absolute Gasteiger partial charge is 0.0768 e. The molecule has 0 rings (SSSR count). The molecule has 0 saturated heterocycles. The molecule has 0 fully saturated rings. The molecule has 0 amide bonds. The van der Waals surface area contributed by atoms with Crippen molar-refractivity contribution in [3.8, 4) is 0 Å². The van der Waals surface area contributed by atoms with Crippen molar-refractivity contribution < 1.29 is 5.06 Å². The van der Waals surface area contributed by atoms with Crippen LogP contribution in [0.15, 0.2) is 0 Å². The molecule has 0 aromatic carbocycles. The predicted molar refractivity (Wildman–Crippen MR) is 48.5 cm³/mol. The van der Waals surface area contributed by atoms with E-state index >= 15 is 0 Å². The maximum absolute atomic E-state index is 10.8. The zero-order valence-electron chi connectivity index (χ0n) is 7.86. The van der Waals surface area contributed by atoms with E-state index in [0.29, 0.717) is 11.6 Å². The molecule has 0 aliphatic heterocycles. The van der Waals surface area contributed by atoms with Crippen molar-refractivity contribution in [3.05, 3.63) is 5.21 Å². The summed E-state index contributed by atoms with van der Waals surface area (Å²) in [6.07, 6.45) is 6.24. The van der Waals surface area contributed by atoms with Gasteiger partial charge >= 0.3 is 0 Å². The van der Waals surface area contributed by atoms with Gasteiger partial charge in [-0.25, -0.2) is 0 Å². The fourth-order valence-electron chi connectivity index (χ4n) is 1.10. The van der Waals surface area contributed by atoms with Crippen LogP contribution in [0.5, 0.6) is 0 Å². The number of hydrogen-bond donors (Lipinski definition) is 1. The second-order valence-electron chi connectivity index (χ2n) is 3.06. The van der Waals surface area contributed by atoms with Gasteiger partial charge in [0.05, 0.1) is 13.1 Å². The van der Waals surface area contributed by atoms with Crippen LogP contribution >= 0.6 is 0 Å². The number of unbranched alkanes of at least 4 members (excludes halogenated alkanes) is 4. The lowest BCUT2D eigenvalue weighted by molar-refractivity contribution is -0.846. The number of rotatable bonds is 7. The Morgan fingerprint density at radius 3 is 2.18 bits per heavy atom. The topological polar surface area (TPSA) is 27.5 Å². The zero-order valence-corrected chi connectivity index (χ0v) is 7.86. The van der Waals surface area contributed by atoms with E-state index in [2.05, 4.69) is 6.92 Å². The van der Waals surface area contributed by atoms with Crippen molar-refractivity contribution in [3.63, 3.8) is 0 Å². The molecule has 0 aromatic rings. The molecule has 0 radical (unpaired) electrons. The van der Waals surface area contributed by atoms with Gasteiger partial charge in [0.1, 0.15) is 0 Å². The van der Waals surface area contributed by atoms with E-state index in [9.17, 15) is 5.21 Å². The first-order chi connectivity index (χ1) is 5.31. The summed E-state index contributed by atoms with van der Waals surface area (Å²) >= 11 is 0. The molecule has 11 heavy (non-hydrogen) atoms. The van der Waals surface area contributed by atoms with E-state index in [1.54, 1.807) is 0 Å². The van der Waals surface area contributed by atoms with Crippen LogP contribution in [-0.2, 0) is 0 Å². The van der Waals surface area contributed by atoms with Crippen LogP contribution in [0, 0.1) is 5.21 Å². The molecule has 1 N–H and O–H groups in total. The lowest BCUT2D eigenvalue weighted by Gasteiger charge is -2.19. The number of nitrogens with one attached hydrogen (secondary N) is 1. The monoisotopic (exact) mass is 159 g/mol.